The number of nitrogens with one attached hydrogen (secondary N) is 1. The van der Waals surface area contributed by atoms with E-state index in [9.17, 15) is 22.0 Å². The molecule has 0 aliphatic rings. The molecule has 66 valence electrons. The van der Waals surface area contributed by atoms with Crippen molar-refractivity contribution >= 4 is 27.9 Å². The Labute approximate surface area is 64.9 Å². The van der Waals surface area contributed by atoms with Gasteiger partial charge in [-0.3, -0.25) is 9.00 Å². The minimum atomic E-state index is -4.35. The summed E-state index contributed by atoms with van der Waals surface area (Å²) in [5.74, 6) is 0. The molecule has 0 saturated carbocycles. The van der Waals surface area contributed by atoms with Crippen molar-refractivity contribution in [2.45, 2.75) is 0 Å². The lowest BCUT2D eigenvalue weighted by atomic mass is 11.4. The van der Waals surface area contributed by atoms with E-state index in [2.05, 4.69) is 5.14 Å². The smallest absolute Gasteiger partial charge is 0.315 e. The number of amides is 1. The first-order chi connectivity index (χ1) is 4.88. The first-order valence-corrected chi connectivity index (χ1v) is 4.58. The van der Waals surface area contributed by atoms with E-state index in [-0.39, 0.29) is 10.8 Å². The molecule has 0 aliphatic carbocycles. The number of nitrogens with two attached hydrogens (primary N) is 1. The van der Waals surface area contributed by atoms with Gasteiger partial charge in [-0.25, -0.2) is 5.14 Å². The average molecular weight is 202 g/mol. The Kier molecular flexibility index (Phi) is 3.54. The first-order valence-electron chi connectivity index (χ1n) is 2.01. The zero-order valence-electron chi connectivity index (χ0n) is 4.96. The van der Waals surface area contributed by atoms with E-state index >= 15 is 0 Å². The van der Waals surface area contributed by atoms with Gasteiger partial charge in [0.1, 0.15) is 0 Å². The fourth-order valence-corrected chi connectivity index (χ4v) is 1.11. The van der Waals surface area contributed by atoms with Gasteiger partial charge >= 0.3 is 10.2 Å². The van der Waals surface area contributed by atoms with Gasteiger partial charge in [-0.15, -0.1) is 9.25 Å². The molecule has 11 heavy (non-hydrogen) atoms. The van der Waals surface area contributed by atoms with E-state index in [0.717, 1.165) is 0 Å². The second kappa shape index (κ2) is 3.73. The van der Waals surface area contributed by atoms with Crippen LogP contribution in [0.5, 0.6) is 0 Å². The Morgan fingerprint density at radius 3 is 2.18 bits per heavy atom. The van der Waals surface area contributed by atoms with Gasteiger partial charge in [-0.2, -0.15) is 8.42 Å². The van der Waals surface area contributed by atoms with E-state index in [1.807, 2.05) is 0 Å². The largest absolute Gasteiger partial charge is 0.759 e. The van der Waals surface area contributed by atoms with Crippen molar-refractivity contribution in [3.05, 3.63) is 0 Å². The predicted octanol–water partition coefficient (Wildman–Crippen LogP) is -3.05. The van der Waals surface area contributed by atoms with Crippen LogP contribution in [0.4, 0.5) is 0 Å². The van der Waals surface area contributed by atoms with Crippen LogP contribution >= 0.6 is 0 Å². The molecule has 0 bridgehead atoms. The molecule has 1 unspecified atom stereocenters. The molecule has 0 rings (SSSR count). The maximum atomic E-state index is 10.2. The van der Waals surface area contributed by atoms with Crippen LogP contribution in [0.25, 0.3) is 0 Å². The van der Waals surface area contributed by atoms with Crippen molar-refractivity contribution in [3.8, 4) is 0 Å². The van der Waals surface area contributed by atoms with Gasteiger partial charge in [-0.1, -0.05) is 0 Å². The highest BCUT2D eigenvalue weighted by Gasteiger charge is 2.13. The van der Waals surface area contributed by atoms with E-state index in [1.165, 1.54) is 4.83 Å². The minimum absolute atomic E-state index is 0.282. The van der Waals surface area contributed by atoms with Crippen LogP contribution in [-0.4, -0.2) is 28.0 Å². The summed E-state index contributed by atoms with van der Waals surface area (Å²) in [6.07, 6.45) is -0.287. The number of hydrogen-bond acceptors (Lipinski definition) is 5. The Morgan fingerprint density at radius 2 is 2.09 bits per heavy atom. The summed E-state index contributed by atoms with van der Waals surface area (Å²) in [7, 11) is -4.35. The quantitative estimate of drug-likeness (QED) is 0.284. The first kappa shape index (κ1) is 10.4. The van der Waals surface area contributed by atoms with E-state index in [4.69, 9.17) is 0 Å². The molecule has 1 amide bonds. The number of nitrogens with zero attached hydrogens (tertiary/aromatic N) is 1. The van der Waals surface area contributed by atoms with Crippen LogP contribution in [0.2, 0.25) is 0 Å². The van der Waals surface area contributed by atoms with Crippen molar-refractivity contribution in [2.75, 3.05) is 0 Å². The van der Waals surface area contributed by atoms with Crippen molar-refractivity contribution in [2.24, 2.45) is 5.14 Å². The summed E-state index contributed by atoms with van der Waals surface area (Å²) >= 11 is -2.91. The van der Waals surface area contributed by atoms with Gasteiger partial charge < -0.3 is 4.55 Å². The van der Waals surface area contributed by atoms with E-state index < -0.39 is 21.5 Å². The summed E-state index contributed by atoms with van der Waals surface area (Å²) in [4.78, 5) is 11.1. The van der Waals surface area contributed by atoms with Crippen molar-refractivity contribution in [1.29, 1.82) is 0 Å². The van der Waals surface area contributed by atoms with Crippen molar-refractivity contribution < 1.29 is 22.0 Å². The van der Waals surface area contributed by atoms with Gasteiger partial charge in [0.2, 0.25) is 6.41 Å². The summed E-state index contributed by atoms with van der Waals surface area (Å²) in [6, 6.07) is 0. The third-order valence-corrected chi connectivity index (χ3v) is 1.72. The van der Waals surface area contributed by atoms with Crippen LogP contribution in [-0.2, 0) is 26.3 Å². The number of carbonyl (C=O) groups excluding carboxylic acids is 1. The van der Waals surface area contributed by atoms with Crippen molar-refractivity contribution in [1.82, 2.24) is 9.25 Å². The van der Waals surface area contributed by atoms with Gasteiger partial charge in [0.25, 0.3) is 0 Å². The van der Waals surface area contributed by atoms with Gasteiger partial charge in [-0.05, 0) is 0 Å². The molecule has 3 N–H and O–H groups in total. The topological polar surface area (TPSA) is 133 Å². The van der Waals surface area contributed by atoms with Gasteiger partial charge in [0, 0.05) is 11.3 Å². The molecule has 0 saturated heterocycles. The van der Waals surface area contributed by atoms with Crippen LogP contribution in [0.1, 0.15) is 0 Å². The lowest BCUT2D eigenvalue weighted by Gasteiger charge is -2.15. The van der Waals surface area contributed by atoms with Crippen LogP contribution in [0, 0.1) is 0 Å². The van der Waals surface area contributed by atoms with E-state index in [1.54, 1.807) is 0 Å². The Hall–Kier alpha value is -0.550. The van der Waals surface area contributed by atoms with Gasteiger partial charge in [0.05, 0.1) is 0 Å². The van der Waals surface area contributed by atoms with Crippen LogP contribution < -0.4 is 9.97 Å². The maximum Gasteiger partial charge on any atom is 0.315 e. The minimum Gasteiger partial charge on any atom is -0.759 e. The molecule has 0 heterocycles. The Bertz CT molecular complexity index is 257. The zero-order chi connectivity index (χ0) is 9.07. The van der Waals surface area contributed by atoms with Crippen LogP contribution in [0.3, 0.4) is 0 Å². The van der Waals surface area contributed by atoms with E-state index in [0.29, 0.717) is 0 Å². The number of carbonyl (C=O) groups is 1. The average Bonchev–Trinajstić information content (AvgIpc) is 1.79. The van der Waals surface area contributed by atoms with Crippen molar-refractivity contribution in [3.63, 3.8) is 0 Å². The standard InChI is InChI=1S/CH5N3O5S2/c2-11(8,9)4(1-5)3-10(6)7/h1,3H,(H,6,7)(H2,2,8,9)/p-1. The highest BCUT2D eigenvalue weighted by Crippen LogP contribution is 1.83. The highest BCUT2D eigenvalue weighted by molar-refractivity contribution is 7.88. The molecule has 0 aromatic heterocycles. The third-order valence-electron chi connectivity index (χ3n) is 0.534. The second-order valence-corrected chi connectivity index (χ2v) is 3.35. The summed E-state index contributed by atoms with van der Waals surface area (Å²) < 4.78 is 39.8. The fraction of sp³-hybridized carbons (Fsp3) is 0. The fourth-order valence-electron chi connectivity index (χ4n) is 0.207. The number of hydrazine groups is 1. The molecular formula is CH4N3O5S2-. The molecule has 0 aliphatic heterocycles. The normalized spacial score (nSPS) is 14.0. The molecule has 10 heteroatoms. The molecule has 0 radical (unpaired) electrons. The molecular weight excluding hydrogens is 198 g/mol. The zero-order valence-corrected chi connectivity index (χ0v) is 6.59. The summed E-state index contributed by atoms with van der Waals surface area (Å²) in [5, 5.41) is 4.37. The summed E-state index contributed by atoms with van der Waals surface area (Å²) in [6.45, 7) is 0. The lowest BCUT2D eigenvalue weighted by molar-refractivity contribution is -0.115. The molecule has 0 aromatic rings. The number of hydrogen-bond donors (Lipinski definition) is 2. The predicted molar refractivity (Wildman–Crippen MR) is 33.1 cm³/mol. The number of rotatable bonds is 4. The maximum absolute atomic E-state index is 10.2. The third kappa shape index (κ3) is 4.00. The molecule has 0 fully saturated rings. The van der Waals surface area contributed by atoms with Gasteiger partial charge in [0.15, 0.2) is 0 Å². The highest BCUT2D eigenvalue weighted by atomic mass is 32.2. The van der Waals surface area contributed by atoms with Crippen LogP contribution in [0.15, 0.2) is 0 Å². The molecule has 0 spiro atoms. The molecule has 1 atom stereocenters. The monoisotopic (exact) mass is 202 g/mol. The lowest BCUT2D eigenvalue weighted by Crippen LogP contribution is -2.46. The Morgan fingerprint density at radius 1 is 1.64 bits per heavy atom. The molecule has 0 aromatic carbocycles. The second-order valence-electron chi connectivity index (χ2n) is 1.27. The SMILES string of the molecule is NS(=O)(=O)N(C=O)NS(=O)[O-]. The Balaban J connectivity index is 4.44. The molecule has 8 nitrogen and oxygen atoms in total. The summed E-state index contributed by atoms with van der Waals surface area (Å²) in [5.41, 5.74) is 0.